The van der Waals surface area contributed by atoms with Crippen molar-refractivity contribution < 1.29 is 0 Å². The van der Waals surface area contributed by atoms with Crippen molar-refractivity contribution in [1.29, 1.82) is 0 Å². The molecule has 0 aromatic heterocycles. The van der Waals surface area contributed by atoms with Crippen LogP contribution in [0.25, 0.3) is 0 Å². The minimum atomic E-state index is 0.724. The molecule has 16 heavy (non-hydrogen) atoms. The van der Waals surface area contributed by atoms with Crippen LogP contribution in [0.1, 0.15) is 51.9 Å². The molecular weight excluding hydrogens is 196 g/mol. The third-order valence-corrected chi connectivity index (χ3v) is 4.68. The highest BCUT2D eigenvalue weighted by molar-refractivity contribution is 4.85. The molecule has 3 N–H and O–H groups in total. The summed E-state index contributed by atoms with van der Waals surface area (Å²) in [5.74, 6) is 2.64. The lowest BCUT2D eigenvalue weighted by Gasteiger charge is -2.29. The fourth-order valence-corrected chi connectivity index (χ4v) is 3.65. The van der Waals surface area contributed by atoms with E-state index in [-0.39, 0.29) is 0 Å². The molecule has 2 aliphatic carbocycles. The van der Waals surface area contributed by atoms with E-state index in [1.165, 1.54) is 51.5 Å². The van der Waals surface area contributed by atoms with Gasteiger partial charge in [0, 0.05) is 6.04 Å². The number of rotatable bonds is 4. The fourth-order valence-electron chi connectivity index (χ4n) is 3.65. The zero-order valence-corrected chi connectivity index (χ0v) is 10.8. The van der Waals surface area contributed by atoms with E-state index >= 15 is 0 Å². The molecule has 0 radical (unpaired) electrons. The summed E-state index contributed by atoms with van der Waals surface area (Å²) in [6.07, 6.45) is 9.84. The van der Waals surface area contributed by atoms with Gasteiger partial charge in [0.15, 0.2) is 0 Å². The lowest BCUT2D eigenvalue weighted by Crippen LogP contribution is -2.39. The first kappa shape index (κ1) is 12.4. The molecule has 2 heteroatoms. The van der Waals surface area contributed by atoms with Crippen molar-refractivity contribution in [3.63, 3.8) is 0 Å². The second kappa shape index (κ2) is 6.02. The van der Waals surface area contributed by atoms with Gasteiger partial charge in [-0.3, -0.25) is 0 Å². The molecular formula is C14H28N2. The van der Waals surface area contributed by atoms with Crippen LogP contribution in [0, 0.1) is 17.8 Å². The topological polar surface area (TPSA) is 38.0 Å². The molecule has 0 bridgehead atoms. The highest BCUT2D eigenvalue weighted by atomic mass is 14.9. The molecule has 4 unspecified atom stereocenters. The van der Waals surface area contributed by atoms with Crippen LogP contribution < -0.4 is 11.1 Å². The summed E-state index contributed by atoms with van der Waals surface area (Å²) in [5, 5.41) is 3.79. The van der Waals surface area contributed by atoms with Crippen LogP contribution in [0.4, 0.5) is 0 Å². The maximum Gasteiger partial charge on any atom is 0.0107 e. The van der Waals surface area contributed by atoms with Crippen LogP contribution in [0.5, 0.6) is 0 Å². The quantitative estimate of drug-likeness (QED) is 0.770. The zero-order valence-electron chi connectivity index (χ0n) is 10.8. The maximum absolute atomic E-state index is 5.81. The van der Waals surface area contributed by atoms with Gasteiger partial charge in [-0.2, -0.15) is 0 Å². The van der Waals surface area contributed by atoms with E-state index < -0.39 is 0 Å². The Balaban J connectivity index is 1.70. The van der Waals surface area contributed by atoms with Gasteiger partial charge < -0.3 is 11.1 Å². The van der Waals surface area contributed by atoms with Crippen molar-refractivity contribution in [1.82, 2.24) is 5.32 Å². The predicted molar refractivity (Wildman–Crippen MR) is 69.3 cm³/mol. The van der Waals surface area contributed by atoms with Gasteiger partial charge in [-0.1, -0.05) is 26.2 Å². The molecule has 0 saturated heterocycles. The maximum atomic E-state index is 5.81. The summed E-state index contributed by atoms with van der Waals surface area (Å²) < 4.78 is 0. The highest BCUT2D eigenvalue weighted by Gasteiger charge is 2.27. The standard InChI is InChI=1S/C14H28N2/c1-11-4-2-5-12(8-11)10-16-14-7-3-6-13(14)9-15/h11-14,16H,2-10,15H2,1H3. The Bertz CT molecular complexity index is 205. The van der Waals surface area contributed by atoms with E-state index in [2.05, 4.69) is 12.2 Å². The fraction of sp³-hybridized carbons (Fsp3) is 1.00. The van der Waals surface area contributed by atoms with Crippen molar-refractivity contribution >= 4 is 0 Å². The molecule has 94 valence electrons. The van der Waals surface area contributed by atoms with E-state index in [4.69, 9.17) is 5.73 Å². The molecule has 2 fully saturated rings. The second-order valence-corrected chi connectivity index (χ2v) is 6.08. The Labute approximate surface area is 100 Å². The molecule has 0 aromatic carbocycles. The number of hydrogen-bond donors (Lipinski definition) is 2. The van der Waals surface area contributed by atoms with Crippen molar-refractivity contribution in [3.05, 3.63) is 0 Å². The lowest BCUT2D eigenvalue weighted by molar-refractivity contribution is 0.259. The van der Waals surface area contributed by atoms with E-state index in [1.54, 1.807) is 0 Å². The normalized spacial score (nSPS) is 40.1. The first-order valence-corrected chi connectivity index (χ1v) is 7.23. The molecule has 2 aliphatic rings. The lowest BCUT2D eigenvalue weighted by atomic mass is 9.82. The number of nitrogens with one attached hydrogen (secondary N) is 1. The average molecular weight is 224 g/mol. The number of nitrogens with two attached hydrogens (primary N) is 1. The van der Waals surface area contributed by atoms with Gasteiger partial charge in [0.2, 0.25) is 0 Å². The summed E-state index contributed by atoms with van der Waals surface area (Å²) in [4.78, 5) is 0. The van der Waals surface area contributed by atoms with E-state index in [9.17, 15) is 0 Å². The van der Waals surface area contributed by atoms with Crippen LogP contribution in [0.2, 0.25) is 0 Å². The van der Waals surface area contributed by atoms with Crippen LogP contribution >= 0.6 is 0 Å². The molecule has 2 rings (SSSR count). The van der Waals surface area contributed by atoms with Crippen LogP contribution in [0.3, 0.4) is 0 Å². The van der Waals surface area contributed by atoms with Gasteiger partial charge in [-0.15, -0.1) is 0 Å². The molecule has 0 aromatic rings. The zero-order chi connectivity index (χ0) is 11.4. The van der Waals surface area contributed by atoms with Gasteiger partial charge in [-0.25, -0.2) is 0 Å². The third kappa shape index (κ3) is 3.21. The van der Waals surface area contributed by atoms with E-state index in [1.807, 2.05) is 0 Å². The second-order valence-electron chi connectivity index (χ2n) is 6.08. The molecule has 0 aliphatic heterocycles. The first-order valence-electron chi connectivity index (χ1n) is 7.23. The van der Waals surface area contributed by atoms with Crippen molar-refractivity contribution in [3.8, 4) is 0 Å². The third-order valence-electron chi connectivity index (χ3n) is 4.68. The minimum absolute atomic E-state index is 0.724. The summed E-state index contributed by atoms with van der Waals surface area (Å²) in [7, 11) is 0. The summed E-state index contributed by atoms with van der Waals surface area (Å²) in [5.41, 5.74) is 5.81. The molecule has 4 atom stereocenters. The van der Waals surface area contributed by atoms with Crippen molar-refractivity contribution in [2.45, 2.75) is 57.9 Å². The van der Waals surface area contributed by atoms with Crippen LogP contribution in [0.15, 0.2) is 0 Å². The van der Waals surface area contributed by atoms with Crippen molar-refractivity contribution in [2.75, 3.05) is 13.1 Å². The van der Waals surface area contributed by atoms with Gasteiger partial charge in [0.1, 0.15) is 0 Å². The predicted octanol–water partition coefficient (Wildman–Crippen LogP) is 2.53. The van der Waals surface area contributed by atoms with Crippen molar-refractivity contribution in [2.24, 2.45) is 23.5 Å². The Morgan fingerprint density at radius 3 is 2.69 bits per heavy atom. The Hall–Kier alpha value is -0.0800. The molecule has 0 amide bonds. The van der Waals surface area contributed by atoms with Gasteiger partial charge >= 0.3 is 0 Å². The van der Waals surface area contributed by atoms with Gasteiger partial charge in [0.25, 0.3) is 0 Å². The van der Waals surface area contributed by atoms with Gasteiger partial charge in [-0.05, 0) is 56.5 Å². The summed E-state index contributed by atoms with van der Waals surface area (Å²) in [6.45, 7) is 4.52. The summed E-state index contributed by atoms with van der Waals surface area (Å²) >= 11 is 0. The molecule has 0 spiro atoms. The molecule has 2 nitrogen and oxygen atoms in total. The minimum Gasteiger partial charge on any atom is -0.330 e. The average Bonchev–Trinajstić information content (AvgIpc) is 2.74. The molecule has 0 heterocycles. The number of hydrogen-bond acceptors (Lipinski definition) is 2. The van der Waals surface area contributed by atoms with Crippen LogP contribution in [-0.2, 0) is 0 Å². The Kier molecular flexibility index (Phi) is 4.66. The smallest absolute Gasteiger partial charge is 0.0107 e. The molecule has 2 saturated carbocycles. The Morgan fingerprint density at radius 2 is 1.94 bits per heavy atom. The monoisotopic (exact) mass is 224 g/mol. The largest absolute Gasteiger partial charge is 0.330 e. The van der Waals surface area contributed by atoms with E-state index in [0.29, 0.717) is 0 Å². The summed E-state index contributed by atoms with van der Waals surface area (Å²) in [6, 6.07) is 0.724. The highest BCUT2D eigenvalue weighted by Crippen LogP contribution is 2.29. The SMILES string of the molecule is CC1CCCC(CNC2CCCC2CN)C1. The first-order chi connectivity index (χ1) is 7.79. The van der Waals surface area contributed by atoms with Gasteiger partial charge in [0.05, 0.1) is 0 Å². The van der Waals surface area contributed by atoms with Crippen LogP contribution in [-0.4, -0.2) is 19.1 Å². The Morgan fingerprint density at radius 1 is 1.12 bits per heavy atom. The van der Waals surface area contributed by atoms with E-state index in [0.717, 1.165) is 30.3 Å².